The van der Waals surface area contributed by atoms with Crippen molar-refractivity contribution in [1.29, 1.82) is 0 Å². The SMILES string of the molecule is O=P(O)(O)OP(=O)(O)OP(=O)(O)O[C@@H]1[C@@H](O)[C@@H](O[C@H]2O[C@H](CO)[C@@H](O)[C@H](O)[C@H]2O)O[C@H](CO)[C@H]1O. The van der Waals surface area contributed by atoms with Gasteiger partial charge in [0.05, 0.1) is 13.2 Å². The summed E-state index contributed by atoms with van der Waals surface area (Å²) in [7, 11) is -17.5. The summed E-state index contributed by atoms with van der Waals surface area (Å²) in [5.74, 6) is 0. The number of hydrogen-bond acceptors (Lipinski definition) is 16. The van der Waals surface area contributed by atoms with E-state index in [1.54, 1.807) is 0 Å². The third-order valence-corrected chi connectivity index (χ3v) is 8.45. The number of aliphatic hydroxyl groups is 7. The molecule has 0 saturated carbocycles. The van der Waals surface area contributed by atoms with Crippen LogP contribution >= 0.6 is 23.5 Å². The zero-order valence-electron chi connectivity index (χ0n) is 17.1. The van der Waals surface area contributed by atoms with E-state index in [0.29, 0.717) is 0 Å². The Morgan fingerprint density at radius 2 is 1.11 bits per heavy atom. The second-order valence-corrected chi connectivity index (χ2v) is 11.6. The highest BCUT2D eigenvalue weighted by Gasteiger charge is 2.53. The standard InChI is InChI=1S/C12H25O20P3/c13-1-3-5(15)7(17)8(18)11(27-3)29-12-9(19)10(6(16)4(2-14)28-12)30-34(23,24)32-35(25,26)31-33(20,21)22/h3-19H,1-2H2,(H,23,24)(H,25,26)(H2,20,21,22)/t3-,4-,5-,6-,7+,8-,9-,10+,11-,12-/m1/s1. The van der Waals surface area contributed by atoms with Crippen molar-refractivity contribution >= 4 is 23.5 Å². The molecule has 0 aromatic carbocycles. The van der Waals surface area contributed by atoms with E-state index >= 15 is 0 Å². The highest BCUT2D eigenvalue weighted by Crippen LogP contribution is 2.66. The van der Waals surface area contributed by atoms with E-state index in [4.69, 9.17) is 24.0 Å². The van der Waals surface area contributed by atoms with Crippen LogP contribution in [0, 0.1) is 0 Å². The molecule has 11 N–H and O–H groups in total. The monoisotopic (exact) mass is 582 g/mol. The second kappa shape index (κ2) is 11.8. The summed E-state index contributed by atoms with van der Waals surface area (Å²) < 4.78 is 61.0. The Morgan fingerprint density at radius 1 is 0.629 bits per heavy atom. The minimum atomic E-state index is -5.95. The van der Waals surface area contributed by atoms with Gasteiger partial charge in [0.25, 0.3) is 0 Å². The second-order valence-electron chi connectivity index (χ2n) is 7.20. The topological polar surface area (TPSA) is 329 Å². The first-order valence-corrected chi connectivity index (χ1v) is 13.8. The molecular formula is C12H25O20P3. The first-order chi connectivity index (χ1) is 15.9. The lowest BCUT2D eigenvalue weighted by Crippen LogP contribution is -2.64. The van der Waals surface area contributed by atoms with Gasteiger partial charge in [0.2, 0.25) is 0 Å². The third kappa shape index (κ3) is 8.25. The summed E-state index contributed by atoms with van der Waals surface area (Å²) in [6.45, 7) is -1.90. The van der Waals surface area contributed by atoms with Gasteiger partial charge in [0.1, 0.15) is 48.8 Å². The van der Waals surface area contributed by atoms with Crippen molar-refractivity contribution in [2.45, 2.75) is 61.4 Å². The number of phosphoric ester groups is 1. The fourth-order valence-electron chi connectivity index (χ4n) is 3.05. The first kappa shape index (κ1) is 31.2. The zero-order valence-corrected chi connectivity index (χ0v) is 19.8. The normalized spacial score (nSPS) is 42.3. The zero-order chi connectivity index (χ0) is 26.9. The first-order valence-electron chi connectivity index (χ1n) is 9.32. The van der Waals surface area contributed by atoms with Crippen molar-refractivity contribution in [1.82, 2.24) is 0 Å². The van der Waals surface area contributed by atoms with Crippen molar-refractivity contribution in [3.05, 3.63) is 0 Å². The van der Waals surface area contributed by atoms with Gasteiger partial charge in [-0.25, -0.2) is 13.7 Å². The molecule has 2 saturated heterocycles. The molecule has 23 heteroatoms. The number of hydrogen-bond donors (Lipinski definition) is 11. The number of ether oxygens (including phenoxy) is 3. The molecule has 20 nitrogen and oxygen atoms in total. The van der Waals surface area contributed by atoms with Gasteiger partial charge >= 0.3 is 23.5 Å². The van der Waals surface area contributed by atoms with Gasteiger partial charge in [-0.1, -0.05) is 0 Å². The van der Waals surface area contributed by atoms with Gasteiger partial charge in [-0.3, -0.25) is 4.52 Å². The molecule has 2 unspecified atom stereocenters. The predicted octanol–water partition coefficient (Wildman–Crippen LogP) is -5.05. The fraction of sp³-hybridized carbons (Fsp3) is 1.00. The Morgan fingerprint density at radius 3 is 1.60 bits per heavy atom. The van der Waals surface area contributed by atoms with E-state index in [1.807, 2.05) is 0 Å². The van der Waals surface area contributed by atoms with Crippen LogP contribution in [0.2, 0.25) is 0 Å². The molecule has 2 rings (SSSR count). The van der Waals surface area contributed by atoms with Crippen LogP contribution in [-0.2, 0) is 41.1 Å². The van der Waals surface area contributed by atoms with Crippen molar-refractivity contribution in [3.8, 4) is 0 Å². The minimum Gasteiger partial charge on any atom is -0.394 e. The molecule has 2 aliphatic rings. The Balaban J connectivity index is 2.21. The smallest absolute Gasteiger partial charge is 0.394 e. The molecule has 2 fully saturated rings. The van der Waals surface area contributed by atoms with Gasteiger partial charge in [-0.15, -0.1) is 0 Å². The van der Waals surface area contributed by atoms with Crippen LogP contribution in [0.1, 0.15) is 0 Å². The maximum atomic E-state index is 12.1. The molecule has 0 bridgehead atoms. The van der Waals surface area contributed by atoms with Crippen LogP contribution in [0.25, 0.3) is 0 Å². The molecule has 0 spiro atoms. The highest BCUT2D eigenvalue weighted by molar-refractivity contribution is 7.66. The van der Waals surface area contributed by atoms with Gasteiger partial charge < -0.3 is 69.5 Å². The average molecular weight is 582 g/mol. The van der Waals surface area contributed by atoms with Crippen molar-refractivity contribution in [2.75, 3.05) is 13.2 Å². The van der Waals surface area contributed by atoms with Crippen molar-refractivity contribution < 1.29 is 96.4 Å². The van der Waals surface area contributed by atoms with E-state index in [1.165, 1.54) is 0 Å². The van der Waals surface area contributed by atoms with Crippen LogP contribution in [-0.4, -0.2) is 130 Å². The molecule has 12 atom stereocenters. The van der Waals surface area contributed by atoms with Crippen LogP contribution in [0.4, 0.5) is 0 Å². The number of aliphatic hydroxyl groups excluding tert-OH is 7. The van der Waals surface area contributed by atoms with Crippen LogP contribution < -0.4 is 0 Å². The Labute approximate surface area is 195 Å². The van der Waals surface area contributed by atoms with Crippen molar-refractivity contribution in [2.24, 2.45) is 0 Å². The predicted molar refractivity (Wildman–Crippen MR) is 101 cm³/mol. The Hall–Kier alpha value is 0.0100. The lowest BCUT2D eigenvalue weighted by molar-refractivity contribution is -0.375. The van der Waals surface area contributed by atoms with E-state index in [9.17, 15) is 59.2 Å². The van der Waals surface area contributed by atoms with Gasteiger partial charge in [0.15, 0.2) is 12.6 Å². The fourth-order valence-corrected chi connectivity index (χ4v) is 6.27. The van der Waals surface area contributed by atoms with Crippen LogP contribution in [0.5, 0.6) is 0 Å². The molecule has 0 aromatic rings. The quantitative estimate of drug-likeness (QED) is 0.107. The van der Waals surface area contributed by atoms with Gasteiger partial charge in [-0.05, 0) is 0 Å². The third-order valence-electron chi connectivity index (χ3n) is 4.61. The van der Waals surface area contributed by atoms with E-state index in [0.717, 1.165) is 0 Å². The maximum Gasteiger partial charge on any atom is 0.490 e. The van der Waals surface area contributed by atoms with E-state index in [2.05, 4.69) is 13.1 Å². The summed E-state index contributed by atoms with van der Waals surface area (Å²) in [5.41, 5.74) is 0. The number of phosphoric acid groups is 3. The molecular weight excluding hydrogens is 557 g/mol. The molecule has 0 aromatic heterocycles. The maximum absolute atomic E-state index is 12.1. The molecule has 2 heterocycles. The summed E-state index contributed by atoms with van der Waals surface area (Å²) in [5, 5.41) is 68.9. The summed E-state index contributed by atoms with van der Waals surface area (Å²) in [6.07, 6.45) is -19.7. The highest BCUT2D eigenvalue weighted by atomic mass is 31.3. The molecule has 0 aliphatic carbocycles. The molecule has 208 valence electrons. The summed E-state index contributed by atoms with van der Waals surface area (Å²) in [6, 6.07) is 0. The molecule has 2 aliphatic heterocycles. The van der Waals surface area contributed by atoms with E-state index < -0.39 is 98.1 Å². The van der Waals surface area contributed by atoms with Crippen LogP contribution in [0.15, 0.2) is 0 Å². The Bertz CT molecular complexity index is 847. The summed E-state index contributed by atoms with van der Waals surface area (Å²) in [4.78, 5) is 36.0. The van der Waals surface area contributed by atoms with Crippen molar-refractivity contribution in [3.63, 3.8) is 0 Å². The molecule has 0 radical (unpaired) electrons. The molecule has 35 heavy (non-hydrogen) atoms. The minimum absolute atomic E-state index is 0.856. The summed E-state index contributed by atoms with van der Waals surface area (Å²) >= 11 is 0. The lowest BCUT2D eigenvalue weighted by atomic mass is 9.98. The molecule has 0 amide bonds. The largest absolute Gasteiger partial charge is 0.490 e. The average Bonchev–Trinajstić information content (AvgIpc) is 2.70. The van der Waals surface area contributed by atoms with Gasteiger partial charge in [0, 0.05) is 0 Å². The lowest BCUT2D eigenvalue weighted by Gasteiger charge is -2.45. The van der Waals surface area contributed by atoms with E-state index in [-0.39, 0.29) is 0 Å². The number of rotatable bonds is 10. The van der Waals surface area contributed by atoms with Gasteiger partial charge in [-0.2, -0.15) is 8.62 Å². The van der Waals surface area contributed by atoms with Crippen LogP contribution in [0.3, 0.4) is 0 Å². The Kier molecular flexibility index (Phi) is 10.5.